The summed E-state index contributed by atoms with van der Waals surface area (Å²) in [5.41, 5.74) is 9.73. The molecule has 0 fully saturated rings. The van der Waals surface area contributed by atoms with E-state index in [-0.39, 0.29) is 0 Å². The molecule has 0 bridgehead atoms. The van der Waals surface area contributed by atoms with Crippen molar-refractivity contribution in [1.29, 1.82) is 0 Å². The number of H-pyrrole nitrogens is 1. The minimum absolute atomic E-state index is 0.838. The van der Waals surface area contributed by atoms with Crippen molar-refractivity contribution in [3.05, 3.63) is 114 Å². The highest BCUT2D eigenvalue weighted by Gasteiger charge is 2.14. The quantitative estimate of drug-likeness (QED) is 0.210. The molecule has 0 unspecified atom stereocenters. The summed E-state index contributed by atoms with van der Waals surface area (Å²) < 4.78 is 1.81. The van der Waals surface area contributed by atoms with E-state index >= 15 is 0 Å². The lowest BCUT2D eigenvalue weighted by Crippen LogP contribution is -1.96. The Balaban J connectivity index is 1.63. The fraction of sp³-hybridized carbons (Fsp3) is 0.100. The van der Waals surface area contributed by atoms with Crippen LogP contribution in [0.4, 0.5) is 0 Å². The lowest BCUT2D eigenvalue weighted by Gasteiger charge is -2.17. The first-order valence-electron chi connectivity index (χ1n) is 11.8. The van der Waals surface area contributed by atoms with Crippen LogP contribution >= 0.6 is 0 Å². The van der Waals surface area contributed by atoms with Crippen LogP contribution in [-0.4, -0.2) is 31.1 Å². The van der Waals surface area contributed by atoms with Crippen LogP contribution in [0.3, 0.4) is 0 Å². The van der Waals surface area contributed by atoms with E-state index < -0.39 is 5.97 Å². The number of nitrogens with one attached hydrogen (secondary N) is 1. The van der Waals surface area contributed by atoms with Crippen molar-refractivity contribution >= 4 is 34.1 Å². The zero-order valence-electron chi connectivity index (χ0n) is 20.1. The van der Waals surface area contributed by atoms with Gasteiger partial charge in [0.2, 0.25) is 0 Å². The van der Waals surface area contributed by atoms with Crippen molar-refractivity contribution in [3.8, 4) is 11.1 Å². The summed E-state index contributed by atoms with van der Waals surface area (Å²) >= 11 is 0. The van der Waals surface area contributed by atoms with Gasteiger partial charge in [-0.15, -0.1) is 0 Å². The van der Waals surface area contributed by atoms with Gasteiger partial charge in [0.15, 0.2) is 0 Å². The number of hydrogen-bond acceptors (Lipinski definition) is 3. The molecule has 178 valence electrons. The standard InChI is InChI=1S/C30H26N4O2/c1-3-27(22-11-9-21(10-12-22)26-18-32-34(2)19-26)30(24-13-14-28-25(16-24)17-31-33-28)23-7-4-20(5-8-23)6-15-29(35)36/h4-19H,3H2,1-2H3,(H,31,33)(H,35,36)/b15-6+,30-27+. The van der Waals surface area contributed by atoms with Gasteiger partial charge in [-0.25, -0.2) is 4.79 Å². The number of aromatic amines is 1. The molecule has 0 saturated heterocycles. The second kappa shape index (κ2) is 9.88. The summed E-state index contributed by atoms with van der Waals surface area (Å²) in [5.74, 6) is -0.962. The Morgan fingerprint density at radius 2 is 1.67 bits per heavy atom. The molecule has 5 aromatic rings. The van der Waals surface area contributed by atoms with E-state index in [1.165, 1.54) is 5.57 Å². The van der Waals surface area contributed by atoms with Crippen molar-refractivity contribution in [2.45, 2.75) is 13.3 Å². The number of aryl methyl sites for hydroxylation is 1. The van der Waals surface area contributed by atoms with Crippen LogP contribution in [0.1, 0.15) is 35.6 Å². The van der Waals surface area contributed by atoms with Gasteiger partial charge in [-0.05, 0) is 63.6 Å². The van der Waals surface area contributed by atoms with Gasteiger partial charge < -0.3 is 5.11 Å². The van der Waals surface area contributed by atoms with Crippen molar-refractivity contribution in [1.82, 2.24) is 20.0 Å². The first kappa shape index (κ1) is 23.1. The number of fused-ring (bicyclic) bond motifs is 1. The smallest absolute Gasteiger partial charge is 0.328 e. The number of allylic oxidation sites excluding steroid dienone is 1. The highest BCUT2D eigenvalue weighted by Crippen LogP contribution is 2.36. The van der Waals surface area contributed by atoms with Gasteiger partial charge in [-0.3, -0.25) is 9.78 Å². The number of nitrogens with zero attached hydrogens (tertiary/aromatic N) is 3. The number of carboxylic acids is 1. The Bertz CT molecular complexity index is 1590. The van der Waals surface area contributed by atoms with E-state index in [0.29, 0.717) is 0 Å². The highest BCUT2D eigenvalue weighted by atomic mass is 16.4. The number of aromatic nitrogens is 4. The molecule has 0 aliphatic rings. The van der Waals surface area contributed by atoms with Gasteiger partial charge >= 0.3 is 5.97 Å². The minimum Gasteiger partial charge on any atom is -0.478 e. The van der Waals surface area contributed by atoms with Crippen LogP contribution in [0.2, 0.25) is 0 Å². The maximum Gasteiger partial charge on any atom is 0.328 e. The second-order valence-corrected chi connectivity index (χ2v) is 8.65. The summed E-state index contributed by atoms with van der Waals surface area (Å²) in [4.78, 5) is 10.9. The number of hydrogen-bond donors (Lipinski definition) is 2. The third kappa shape index (κ3) is 4.74. The van der Waals surface area contributed by atoms with Crippen LogP contribution in [0.5, 0.6) is 0 Å². The van der Waals surface area contributed by atoms with Crippen molar-refractivity contribution < 1.29 is 9.90 Å². The number of carbonyl (C=O) groups is 1. The monoisotopic (exact) mass is 474 g/mol. The van der Waals surface area contributed by atoms with Gasteiger partial charge in [0.05, 0.1) is 17.9 Å². The molecular weight excluding hydrogens is 448 g/mol. The van der Waals surface area contributed by atoms with E-state index in [1.807, 2.05) is 37.8 Å². The second-order valence-electron chi connectivity index (χ2n) is 8.65. The number of aliphatic carboxylic acids is 1. The summed E-state index contributed by atoms with van der Waals surface area (Å²) in [5, 5.41) is 21.5. The molecule has 0 amide bonds. The maximum absolute atomic E-state index is 10.9. The predicted molar refractivity (Wildman–Crippen MR) is 144 cm³/mol. The van der Waals surface area contributed by atoms with Gasteiger partial charge in [0.25, 0.3) is 0 Å². The Labute approximate surface area is 209 Å². The fourth-order valence-corrected chi connectivity index (χ4v) is 4.50. The van der Waals surface area contributed by atoms with Gasteiger partial charge in [-0.2, -0.15) is 10.2 Å². The zero-order chi connectivity index (χ0) is 25.1. The van der Waals surface area contributed by atoms with Crippen LogP contribution in [0.15, 0.2) is 91.4 Å². The largest absolute Gasteiger partial charge is 0.478 e. The number of rotatable bonds is 7. The topological polar surface area (TPSA) is 83.8 Å². The van der Waals surface area contributed by atoms with E-state index in [4.69, 9.17) is 5.11 Å². The molecule has 0 radical (unpaired) electrons. The molecule has 2 heterocycles. The lowest BCUT2D eigenvalue weighted by molar-refractivity contribution is -0.131. The first-order valence-corrected chi connectivity index (χ1v) is 11.8. The molecule has 2 N–H and O–H groups in total. The molecular formula is C30H26N4O2. The molecule has 0 saturated carbocycles. The van der Waals surface area contributed by atoms with Crippen LogP contribution < -0.4 is 0 Å². The Hall–Kier alpha value is -4.71. The van der Waals surface area contributed by atoms with Crippen molar-refractivity contribution in [2.75, 3.05) is 0 Å². The van der Waals surface area contributed by atoms with Crippen LogP contribution in [0, 0.1) is 0 Å². The number of benzene rings is 3. The van der Waals surface area contributed by atoms with E-state index in [0.717, 1.165) is 62.4 Å². The van der Waals surface area contributed by atoms with E-state index in [1.54, 1.807) is 10.8 Å². The molecule has 6 nitrogen and oxygen atoms in total. The maximum atomic E-state index is 10.9. The number of carboxylic acid groups (broad SMARTS) is 1. The summed E-state index contributed by atoms with van der Waals surface area (Å²) in [6.45, 7) is 2.17. The zero-order valence-corrected chi connectivity index (χ0v) is 20.1. The molecule has 0 aliphatic carbocycles. The fourth-order valence-electron chi connectivity index (χ4n) is 4.50. The molecule has 2 aromatic heterocycles. The normalized spacial score (nSPS) is 12.3. The molecule has 0 atom stereocenters. The molecule has 0 aliphatic heterocycles. The van der Waals surface area contributed by atoms with Crippen LogP contribution in [-0.2, 0) is 11.8 Å². The first-order chi connectivity index (χ1) is 17.5. The SMILES string of the molecule is CC/C(=C(/c1ccc(/C=C/C(=O)O)cc1)c1ccc2[nH]ncc2c1)c1ccc(-c2cnn(C)c2)cc1. The molecule has 3 aromatic carbocycles. The van der Waals surface area contributed by atoms with Crippen LogP contribution in [0.25, 0.3) is 39.3 Å². The third-order valence-corrected chi connectivity index (χ3v) is 6.27. The van der Waals surface area contributed by atoms with E-state index in [9.17, 15) is 4.79 Å². The van der Waals surface area contributed by atoms with E-state index in [2.05, 4.69) is 76.8 Å². The third-order valence-electron chi connectivity index (χ3n) is 6.27. The molecule has 6 heteroatoms. The highest BCUT2D eigenvalue weighted by molar-refractivity contribution is 6.00. The Kier molecular flexibility index (Phi) is 6.33. The van der Waals surface area contributed by atoms with Crippen molar-refractivity contribution in [2.24, 2.45) is 7.05 Å². The molecule has 36 heavy (non-hydrogen) atoms. The van der Waals surface area contributed by atoms with Gasteiger partial charge in [-0.1, -0.05) is 61.5 Å². The average molecular weight is 475 g/mol. The summed E-state index contributed by atoms with van der Waals surface area (Å²) in [7, 11) is 1.92. The molecule has 0 spiro atoms. The minimum atomic E-state index is -0.962. The van der Waals surface area contributed by atoms with Gasteiger partial charge in [0, 0.05) is 30.3 Å². The molecule has 5 rings (SSSR count). The summed E-state index contributed by atoms with van der Waals surface area (Å²) in [6, 6.07) is 22.9. The predicted octanol–water partition coefficient (Wildman–Crippen LogP) is 6.43. The Morgan fingerprint density at radius 1 is 0.944 bits per heavy atom. The van der Waals surface area contributed by atoms with Crippen molar-refractivity contribution in [3.63, 3.8) is 0 Å². The summed E-state index contributed by atoms with van der Waals surface area (Å²) in [6.07, 6.45) is 9.32. The van der Waals surface area contributed by atoms with Gasteiger partial charge in [0.1, 0.15) is 0 Å². The Morgan fingerprint density at radius 3 is 2.33 bits per heavy atom. The lowest BCUT2D eigenvalue weighted by atomic mass is 9.87. The average Bonchev–Trinajstić information content (AvgIpc) is 3.55.